The summed E-state index contributed by atoms with van der Waals surface area (Å²) in [6.07, 6.45) is 0. The van der Waals surface area contributed by atoms with E-state index in [-0.39, 0.29) is 5.91 Å². The van der Waals surface area contributed by atoms with Gasteiger partial charge in [-0.1, -0.05) is 24.3 Å². The summed E-state index contributed by atoms with van der Waals surface area (Å²) in [6, 6.07) is 13.9. The van der Waals surface area contributed by atoms with Gasteiger partial charge in [-0.05, 0) is 30.7 Å². The Labute approximate surface area is 128 Å². The summed E-state index contributed by atoms with van der Waals surface area (Å²) >= 11 is 0. The molecule has 0 saturated heterocycles. The van der Waals surface area contributed by atoms with Crippen molar-refractivity contribution >= 4 is 22.6 Å². The van der Waals surface area contributed by atoms with Crippen LogP contribution in [-0.2, 0) is 4.79 Å². The monoisotopic (exact) mass is 295 g/mol. The molecule has 2 aromatic carbocycles. The predicted molar refractivity (Wildman–Crippen MR) is 87.0 cm³/mol. The molecular weight excluding hydrogens is 278 g/mol. The normalized spacial score (nSPS) is 10.6. The molecule has 2 N–H and O–H groups in total. The van der Waals surface area contributed by atoms with Crippen LogP contribution in [0.15, 0.2) is 42.5 Å². The molecule has 3 rings (SSSR count). The number of anilines is 1. The summed E-state index contributed by atoms with van der Waals surface area (Å²) in [5.74, 6) is 1.26. The summed E-state index contributed by atoms with van der Waals surface area (Å²) in [5, 5.41) is 10.7. The number of nitrogens with one attached hydrogen (secondary N) is 2. The molecule has 22 heavy (non-hydrogen) atoms. The molecule has 0 atom stereocenters. The molecule has 1 aromatic heterocycles. The zero-order valence-electron chi connectivity index (χ0n) is 12.5. The van der Waals surface area contributed by atoms with Crippen LogP contribution < -0.4 is 10.1 Å². The Morgan fingerprint density at radius 2 is 2.09 bits per heavy atom. The van der Waals surface area contributed by atoms with Crippen molar-refractivity contribution < 1.29 is 9.53 Å². The maximum absolute atomic E-state index is 11.2. The number of benzene rings is 2. The molecule has 5 heteroatoms. The molecule has 0 saturated carbocycles. The smallest absolute Gasteiger partial charge is 0.222 e. The molecule has 0 aliphatic carbocycles. The van der Waals surface area contributed by atoms with E-state index in [1.165, 1.54) is 6.92 Å². The number of H-pyrrole nitrogens is 1. The van der Waals surface area contributed by atoms with Gasteiger partial charge < -0.3 is 10.1 Å². The second-order valence-corrected chi connectivity index (χ2v) is 4.94. The molecule has 0 fully saturated rings. The van der Waals surface area contributed by atoms with Crippen LogP contribution in [0.5, 0.6) is 5.75 Å². The van der Waals surface area contributed by atoms with Crippen LogP contribution in [0.25, 0.3) is 22.0 Å². The van der Waals surface area contributed by atoms with E-state index in [1.807, 2.05) is 49.4 Å². The highest BCUT2D eigenvalue weighted by Gasteiger charge is 2.10. The average Bonchev–Trinajstić information content (AvgIpc) is 2.90. The number of carbonyl (C=O) groups is 1. The first-order valence-corrected chi connectivity index (χ1v) is 7.17. The molecule has 0 unspecified atom stereocenters. The minimum Gasteiger partial charge on any atom is -0.493 e. The average molecular weight is 295 g/mol. The van der Waals surface area contributed by atoms with E-state index in [1.54, 1.807) is 0 Å². The molecule has 1 heterocycles. The molecule has 0 radical (unpaired) electrons. The number of rotatable bonds is 4. The lowest BCUT2D eigenvalue weighted by atomic mass is 10.0. The maximum atomic E-state index is 11.2. The first-order valence-electron chi connectivity index (χ1n) is 7.17. The lowest BCUT2D eigenvalue weighted by Gasteiger charge is -2.10. The fraction of sp³-hybridized carbons (Fsp3) is 0.176. The zero-order chi connectivity index (χ0) is 15.5. The number of para-hydroxylation sites is 1. The second-order valence-electron chi connectivity index (χ2n) is 4.94. The van der Waals surface area contributed by atoms with E-state index in [0.29, 0.717) is 12.4 Å². The van der Waals surface area contributed by atoms with Crippen molar-refractivity contribution in [3.63, 3.8) is 0 Å². The third-order valence-electron chi connectivity index (χ3n) is 3.36. The molecule has 0 aliphatic heterocycles. The first kappa shape index (κ1) is 14.1. The van der Waals surface area contributed by atoms with Gasteiger partial charge in [0.1, 0.15) is 5.75 Å². The van der Waals surface area contributed by atoms with Gasteiger partial charge in [0, 0.05) is 17.9 Å². The third-order valence-corrected chi connectivity index (χ3v) is 3.36. The van der Waals surface area contributed by atoms with Crippen LogP contribution in [-0.4, -0.2) is 22.7 Å². The Hall–Kier alpha value is -2.82. The number of hydrogen-bond acceptors (Lipinski definition) is 3. The molecule has 0 bridgehead atoms. The van der Waals surface area contributed by atoms with Crippen LogP contribution in [0.3, 0.4) is 0 Å². The number of nitrogens with zero attached hydrogens (tertiary/aromatic N) is 1. The van der Waals surface area contributed by atoms with Crippen LogP contribution in [0, 0.1) is 0 Å². The highest BCUT2D eigenvalue weighted by atomic mass is 16.5. The predicted octanol–water partition coefficient (Wildman–Crippen LogP) is 3.59. The lowest BCUT2D eigenvalue weighted by molar-refractivity contribution is -0.114. The number of ether oxygens (including phenoxy) is 1. The third kappa shape index (κ3) is 2.65. The molecule has 0 spiro atoms. The highest BCUT2D eigenvalue weighted by molar-refractivity contribution is 6.00. The van der Waals surface area contributed by atoms with Crippen LogP contribution in [0.4, 0.5) is 5.82 Å². The maximum Gasteiger partial charge on any atom is 0.222 e. The van der Waals surface area contributed by atoms with Gasteiger partial charge in [0.05, 0.1) is 12.1 Å². The molecule has 1 amide bonds. The summed E-state index contributed by atoms with van der Waals surface area (Å²) in [5.41, 5.74) is 2.93. The lowest BCUT2D eigenvalue weighted by Crippen LogP contribution is -2.06. The van der Waals surface area contributed by atoms with Crippen molar-refractivity contribution in [1.82, 2.24) is 10.2 Å². The van der Waals surface area contributed by atoms with Gasteiger partial charge in [0.25, 0.3) is 0 Å². The van der Waals surface area contributed by atoms with Crippen molar-refractivity contribution in [2.75, 3.05) is 11.9 Å². The Bertz CT molecular complexity index is 824. The van der Waals surface area contributed by atoms with Gasteiger partial charge in [-0.25, -0.2) is 0 Å². The summed E-state index contributed by atoms with van der Waals surface area (Å²) < 4.78 is 5.68. The number of carbonyl (C=O) groups excluding carboxylic acids is 1. The fourth-order valence-corrected chi connectivity index (χ4v) is 2.44. The van der Waals surface area contributed by atoms with Crippen molar-refractivity contribution in [3.8, 4) is 16.9 Å². The Morgan fingerprint density at radius 3 is 2.86 bits per heavy atom. The number of aromatic nitrogens is 2. The highest BCUT2D eigenvalue weighted by Crippen LogP contribution is 2.32. The van der Waals surface area contributed by atoms with Crippen LogP contribution in [0.2, 0.25) is 0 Å². The Kier molecular flexibility index (Phi) is 3.78. The minimum absolute atomic E-state index is 0.140. The summed E-state index contributed by atoms with van der Waals surface area (Å²) in [6.45, 7) is 4.05. The van der Waals surface area contributed by atoms with Crippen LogP contribution in [0.1, 0.15) is 13.8 Å². The van der Waals surface area contributed by atoms with Crippen molar-refractivity contribution in [2.45, 2.75) is 13.8 Å². The standard InChI is InChI=1S/C17H17N3O2/c1-3-22-16-7-5-4-6-13(16)12-8-9-14-15(10-12)19-20-17(14)18-11(2)21/h4-10H,3H2,1-2H3,(H2,18,19,20,21). The van der Waals surface area contributed by atoms with Gasteiger partial charge in [0.15, 0.2) is 5.82 Å². The van der Waals surface area contributed by atoms with Gasteiger partial charge in [-0.15, -0.1) is 0 Å². The Morgan fingerprint density at radius 1 is 1.27 bits per heavy atom. The number of aromatic amines is 1. The topological polar surface area (TPSA) is 67.0 Å². The van der Waals surface area contributed by atoms with Gasteiger partial charge in [-0.2, -0.15) is 5.10 Å². The SMILES string of the molecule is CCOc1ccccc1-c1ccc2c(NC(C)=O)n[nH]c2c1. The van der Waals surface area contributed by atoms with Crippen molar-refractivity contribution in [3.05, 3.63) is 42.5 Å². The molecular formula is C17H17N3O2. The van der Waals surface area contributed by atoms with E-state index in [9.17, 15) is 4.79 Å². The zero-order valence-corrected chi connectivity index (χ0v) is 12.5. The van der Waals surface area contributed by atoms with Gasteiger partial charge in [0.2, 0.25) is 5.91 Å². The number of fused-ring (bicyclic) bond motifs is 1. The summed E-state index contributed by atoms with van der Waals surface area (Å²) in [7, 11) is 0. The van der Waals surface area contributed by atoms with E-state index in [2.05, 4.69) is 15.5 Å². The van der Waals surface area contributed by atoms with E-state index < -0.39 is 0 Å². The van der Waals surface area contributed by atoms with E-state index in [0.717, 1.165) is 27.8 Å². The second kappa shape index (κ2) is 5.89. The van der Waals surface area contributed by atoms with E-state index >= 15 is 0 Å². The van der Waals surface area contributed by atoms with Gasteiger partial charge >= 0.3 is 0 Å². The number of hydrogen-bond donors (Lipinski definition) is 2. The minimum atomic E-state index is -0.140. The van der Waals surface area contributed by atoms with Gasteiger partial charge in [-0.3, -0.25) is 9.89 Å². The van der Waals surface area contributed by atoms with E-state index in [4.69, 9.17) is 4.74 Å². The molecule has 0 aliphatic rings. The molecule has 112 valence electrons. The quantitative estimate of drug-likeness (QED) is 0.773. The summed E-state index contributed by atoms with van der Waals surface area (Å²) in [4.78, 5) is 11.2. The van der Waals surface area contributed by atoms with Crippen molar-refractivity contribution in [2.24, 2.45) is 0 Å². The molecule has 3 aromatic rings. The van der Waals surface area contributed by atoms with Crippen molar-refractivity contribution in [1.29, 1.82) is 0 Å². The largest absolute Gasteiger partial charge is 0.493 e. The Balaban J connectivity index is 2.04. The fourth-order valence-electron chi connectivity index (χ4n) is 2.44. The molecule has 5 nitrogen and oxygen atoms in total. The number of amides is 1. The van der Waals surface area contributed by atoms with Crippen LogP contribution >= 0.6 is 0 Å². The first-order chi connectivity index (χ1) is 10.7.